The fraction of sp³-hybridized carbons (Fsp3) is 0.467. The zero-order valence-corrected chi connectivity index (χ0v) is 33.0. The fourth-order valence-corrected chi connectivity index (χ4v) is 7.67. The van der Waals surface area contributed by atoms with Crippen molar-refractivity contribution in [2.24, 2.45) is 5.92 Å². The van der Waals surface area contributed by atoms with Crippen LogP contribution in [0.4, 0.5) is 11.6 Å². The van der Waals surface area contributed by atoms with Crippen LogP contribution < -0.4 is 9.80 Å². The Morgan fingerprint density at radius 2 is 1.54 bits per heavy atom. The standard InChI is InChI=1S/C45H58N6O3/c1-45(2,3)38-19-16-34(17-20-38)18-21-40-39(31-46-44(47-40)49-26-22-36(23-27-49)30-35-12-7-6-8-13-35)43(53)50-29-28-48(4)24-11-25-51(42(52)33-54-5)41-15-10-9-14-37(41)32-50/h6-10,12-17,19-20,31,36H,11,18,21-30,32-33H2,1-5H3. The second-order valence-corrected chi connectivity index (χ2v) is 16.1. The maximum Gasteiger partial charge on any atom is 0.257 e. The van der Waals surface area contributed by atoms with Crippen LogP contribution in [0.3, 0.4) is 0 Å². The number of para-hydroxylation sites is 1. The molecule has 0 saturated carbocycles. The number of ether oxygens (including phenoxy) is 1. The Morgan fingerprint density at radius 1 is 0.815 bits per heavy atom. The second kappa shape index (κ2) is 18.2. The van der Waals surface area contributed by atoms with Crippen LogP contribution in [-0.4, -0.2) is 91.6 Å². The van der Waals surface area contributed by atoms with Gasteiger partial charge in [0.05, 0.1) is 11.3 Å². The number of carbonyl (C=O) groups is 2. The molecule has 1 aromatic heterocycles. The van der Waals surface area contributed by atoms with E-state index >= 15 is 0 Å². The van der Waals surface area contributed by atoms with Gasteiger partial charge in [0.1, 0.15) is 6.61 Å². The molecule has 0 atom stereocenters. The Bertz CT molecular complexity index is 1830. The topological polar surface area (TPSA) is 82.1 Å². The first-order valence-corrected chi connectivity index (χ1v) is 19.7. The van der Waals surface area contributed by atoms with Gasteiger partial charge in [0.15, 0.2) is 0 Å². The molecule has 0 unspecified atom stereocenters. The van der Waals surface area contributed by atoms with Crippen LogP contribution in [-0.2, 0) is 40.8 Å². The summed E-state index contributed by atoms with van der Waals surface area (Å²) in [6.45, 7) is 11.5. The first kappa shape index (κ1) is 39.1. The highest BCUT2D eigenvalue weighted by Gasteiger charge is 2.28. The van der Waals surface area contributed by atoms with E-state index in [1.54, 1.807) is 13.3 Å². The first-order valence-electron chi connectivity index (χ1n) is 19.7. The third-order valence-electron chi connectivity index (χ3n) is 11.0. The number of benzene rings is 3. The lowest BCUT2D eigenvalue weighted by Crippen LogP contribution is -2.38. The van der Waals surface area contributed by atoms with Crippen molar-refractivity contribution in [2.45, 2.75) is 71.3 Å². The minimum atomic E-state index is -0.0874. The van der Waals surface area contributed by atoms with E-state index in [0.29, 0.717) is 50.0 Å². The number of amides is 2. The lowest BCUT2D eigenvalue weighted by atomic mass is 9.86. The van der Waals surface area contributed by atoms with Crippen molar-refractivity contribution in [1.82, 2.24) is 19.8 Å². The maximum absolute atomic E-state index is 14.8. The zero-order chi connectivity index (χ0) is 38.1. The molecule has 286 valence electrons. The lowest BCUT2D eigenvalue weighted by Gasteiger charge is -2.32. The van der Waals surface area contributed by atoms with Crippen molar-refractivity contribution in [3.05, 3.63) is 119 Å². The molecule has 0 bridgehead atoms. The van der Waals surface area contributed by atoms with Gasteiger partial charge in [0.25, 0.3) is 11.8 Å². The van der Waals surface area contributed by atoms with Crippen LogP contribution in [0.2, 0.25) is 0 Å². The molecule has 0 spiro atoms. The second-order valence-electron chi connectivity index (χ2n) is 16.1. The number of anilines is 2. The van der Waals surface area contributed by atoms with E-state index in [1.165, 1.54) is 16.7 Å². The van der Waals surface area contributed by atoms with E-state index in [-0.39, 0.29) is 23.8 Å². The van der Waals surface area contributed by atoms with Crippen molar-refractivity contribution >= 4 is 23.5 Å². The monoisotopic (exact) mass is 730 g/mol. The smallest absolute Gasteiger partial charge is 0.257 e. The van der Waals surface area contributed by atoms with Gasteiger partial charge < -0.3 is 24.3 Å². The number of likely N-dealkylation sites (N-methyl/N-ethyl adjacent to an activating group) is 1. The molecule has 1 saturated heterocycles. The lowest BCUT2D eigenvalue weighted by molar-refractivity contribution is -0.122. The number of hydrogen-bond donors (Lipinski definition) is 0. The van der Waals surface area contributed by atoms with Gasteiger partial charge in [0.2, 0.25) is 5.95 Å². The van der Waals surface area contributed by atoms with Gasteiger partial charge in [-0.1, -0.05) is 93.6 Å². The molecular formula is C45H58N6O3. The van der Waals surface area contributed by atoms with Crippen LogP contribution in [0.25, 0.3) is 0 Å². The number of aromatic nitrogens is 2. The van der Waals surface area contributed by atoms with Gasteiger partial charge in [-0.05, 0) is 91.8 Å². The summed E-state index contributed by atoms with van der Waals surface area (Å²) in [5.41, 5.74) is 7.07. The van der Waals surface area contributed by atoms with E-state index in [9.17, 15) is 9.59 Å². The predicted molar refractivity (Wildman–Crippen MR) is 217 cm³/mol. The molecule has 4 aromatic rings. The Labute approximate surface area is 322 Å². The summed E-state index contributed by atoms with van der Waals surface area (Å²) >= 11 is 0. The third-order valence-corrected chi connectivity index (χ3v) is 11.0. The third kappa shape index (κ3) is 10.1. The molecule has 3 heterocycles. The highest BCUT2D eigenvalue weighted by Crippen LogP contribution is 2.28. The van der Waals surface area contributed by atoms with Crippen LogP contribution in [0, 0.1) is 5.92 Å². The summed E-state index contributed by atoms with van der Waals surface area (Å²) in [6.07, 6.45) is 7.23. The number of fused-ring (bicyclic) bond motifs is 1. The first-order chi connectivity index (χ1) is 26.1. The van der Waals surface area contributed by atoms with Crippen molar-refractivity contribution in [2.75, 3.05) is 69.8 Å². The van der Waals surface area contributed by atoms with Gasteiger partial charge in [-0.2, -0.15) is 0 Å². The number of methoxy groups -OCH3 is 1. The SMILES string of the molecule is COCC(=O)N1CCCN(C)CCN(C(=O)c2cnc(N3CCC(Cc4ccccc4)CC3)nc2CCc2ccc(C(C)(C)C)cc2)Cc2ccccc21. The summed E-state index contributed by atoms with van der Waals surface area (Å²) in [4.78, 5) is 46.4. The number of piperidine rings is 1. The summed E-state index contributed by atoms with van der Waals surface area (Å²) in [5, 5.41) is 0. The molecule has 3 aromatic carbocycles. The molecule has 2 amide bonds. The van der Waals surface area contributed by atoms with Gasteiger partial charge in [-0.15, -0.1) is 0 Å². The van der Waals surface area contributed by atoms with Crippen LogP contribution >= 0.6 is 0 Å². The summed E-state index contributed by atoms with van der Waals surface area (Å²) in [7, 11) is 3.62. The number of aryl methyl sites for hydroxylation is 2. The van der Waals surface area contributed by atoms with Gasteiger partial charge in [-0.25, -0.2) is 9.97 Å². The van der Waals surface area contributed by atoms with Crippen molar-refractivity contribution < 1.29 is 14.3 Å². The normalized spacial score (nSPS) is 16.5. The van der Waals surface area contributed by atoms with Crippen LogP contribution in [0.5, 0.6) is 0 Å². The Hall–Kier alpha value is -4.60. The number of nitrogens with zero attached hydrogens (tertiary/aromatic N) is 6. The molecule has 54 heavy (non-hydrogen) atoms. The largest absolute Gasteiger partial charge is 0.375 e. The van der Waals surface area contributed by atoms with Crippen molar-refractivity contribution in [3.63, 3.8) is 0 Å². The molecule has 1 fully saturated rings. The number of carbonyl (C=O) groups excluding carboxylic acids is 2. The van der Waals surface area contributed by atoms with Crippen molar-refractivity contribution in [1.29, 1.82) is 0 Å². The minimum absolute atomic E-state index is 0.00347. The maximum atomic E-state index is 14.8. The van der Waals surface area contributed by atoms with Gasteiger partial charge in [0, 0.05) is 58.3 Å². The van der Waals surface area contributed by atoms with Gasteiger partial charge in [-0.3, -0.25) is 9.59 Å². The molecule has 2 aliphatic heterocycles. The summed E-state index contributed by atoms with van der Waals surface area (Å²) < 4.78 is 5.25. The molecular weight excluding hydrogens is 673 g/mol. The molecule has 6 rings (SSSR count). The average molecular weight is 731 g/mol. The Kier molecular flexibility index (Phi) is 13.1. The van der Waals surface area contributed by atoms with E-state index in [2.05, 4.69) is 92.2 Å². The molecule has 0 N–H and O–H groups in total. The molecule has 9 heteroatoms. The number of hydrogen-bond acceptors (Lipinski definition) is 7. The van der Waals surface area contributed by atoms with Crippen LogP contribution in [0.15, 0.2) is 85.1 Å². The molecule has 2 aliphatic rings. The average Bonchev–Trinajstić information content (AvgIpc) is 3.21. The van der Waals surface area contributed by atoms with E-state index in [1.807, 2.05) is 34.1 Å². The molecule has 9 nitrogen and oxygen atoms in total. The van der Waals surface area contributed by atoms with E-state index in [0.717, 1.165) is 68.7 Å². The summed E-state index contributed by atoms with van der Waals surface area (Å²) in [6, 6.07) is 27.5. The molecule has 0 aliphatic carbocycles. The van der Waals surface area contributed by atoms with E-state index < -0.39 is 0 Å². The fourth-order valence-electron chi connectivity index (χ4n) is 7.67. The highest BCUT2D eigenvalue weighted by atomic mass is 16.5. The summed E-state index contributed by atoms with van der Waals surface area (Å²) in [5.74, 6) is 1.16. The van der Waals surface area contributed by atoms with Crippen molar-refractivity contribution in [3.8, 4) is 0 Å². The predicted octanol–water partition coefficient (Wildman–Crippen LogP) is 6.98. The Morgan fingerprint density at radius 3 is 2.26 bits per heavy atom. The molecule has 0 radical (unpaired) electrons. The number of rotatable bonds is 9. The van der Waals surface area contributed by atoms with Crippen LogP contribution in [0.1, 0.15) is 78.3 Å². The van der Waals surface area contributed by atoms with Gasteiger partial charge >= 0.3 is 0 Å². The minimum Gasteiger partial charge on any atom is -0.375 e. The zero-order valence-electron chi connectivity index (χ0n) is 33.0. The van der Waals surface area contributed by atoms with E-state index in [4.69, 9.17) is 14.7 Å². The highest BCUT2D eigenvalue weighted by molar-refractivity contribution is 5.96. The Balaban J connectivity index is 1.28. The quantitative estimate of drug-likeness (QED) is 0.184.